The summed E-state index contributed by atoms with van der Waals surface area (Å²) in [4.78, 5) is 8.61. The molecule has 0 aliphatic carbocycles. The van der Waals surface area contributed by atoms with E-state index in [4.69, 9.17) is 28.1 Å². The van der Waals surface area contributed by atoms with E-state index in [1.807, 2.05) is 0 Å². The van der Waals surface area contributed by atoms with Crippen LogP contribution in [0.4, 0.5) is 0 Å². The molecule has 0 bridgehead atoms. The minimum atomic E-state index is -2.10. The van der Waals surface area contributed by atoms with E-state index in [0.29, 0.717) is 16.5 Å². The third-order valence-electron chi connectivity index (χ3n) is 1.60. The zero-order valence-corrected chi connectivity index (χ0v) is 9.11. The molecule has 0 aliphatic heterocycles. The maximum Gasteiger partial charge on any atom is 0.505 e. The van der Waals surface area contributed by atoms with Crippen LogP contribution in [0.25, 0.3) is 0 Å². The molecule has 0 saturated heterocycles. The van der Waals surface area contributed by atoms with E-state index in [-0.39, 0.29) is 6.16 Å². The highest BCUT2D eigenvalue weighted by Crippen LogP contribution is 2.27. The lowest BCUT2D eigenvalue weighted by Gasteiger charge is -2.00. The first-order valence-corrected chi connectivity index (χ1v) is 5.83. The van der Waals surface area contributed by atoms with E-state index in [1.54, 1.807) is 18.2 Å². The van der Waals surface area contributed by atoms with Gasteiger partial charge in [-0.1, -0.05) is 35.3 Å². The molecule has 1 aromatic rings. The lowest BCUT2D eigenvalue weighted by atomic mass is 10.2. The molecular weight excluding hydrogens is 230 g/mol. The maximum absolute atomic E-state index is 10.4. The van der Waals surface area contributed by atoms with Gasteiger partial charge in [0.2, 0.25) is 0 Å². The summed E-state index contributed by atoms with van der Waals surface area (Å²) in [5.41, 5.74) is 0.812. The topological polar surface area (TPSA) is 37.3 Å². The second-order valence-corrected chi connectivity index (χ2v) is 4.48. The van der Waals surface area contributed by atoms with Gasteiger partial charge in [-0.2, -0.15) is 4.89 Å². The van der Waals surface area contributed by atoms with Crippen molar-refractivity contribution in [1.82, 2.24) is 0 Å². The summed E-state index contributed by atoms with van der Waals surface area (Å²) >= 11 is 11.6. The quantitative estimate of drug-likeness (QED) is 0.820. The molecular formula is C8H8Cl2O2P+. The van der Waals surface area contributed by atoms with Crippen molar-refractivity contribution < 1.29 is 9.46 Å². The lowest BCUT2D eigenvalue weighted by Crippen LogP contribution is -1.89. The van der Waals surface area contributed by atoms with Crippen molar-refractivity contribution in [1.29, 1.82) is 0 Å². The minimum Gasteiger partial charge on any atom is -0.161 e. The summed E-state index contributed by atoms with van der Waals surface area (Å²) in [5.74, 6) is 0. The summed E-state index contributed by atoms with van der Waals surface area (Å²) < 4.78 is 10.4. The Kier molecular flexibility index (Phi) is 4.14. The van der Waals surface area contributed by atoms with E-state index < -0.39 is 8.03 Å². The Labute approximate surface area is 87.4 Å². The molecule has 1 aromatic carbocycles. The molecule has 0 aliphatic rings. The average Bonchev–Trinajstić information content (AvgIpc) is 2.07. The van der Waals surface area contributed by atoms with Gasteiger partial charge in [-0.15, -0.1) is 0 Å². The number of rotatable bonds is 3. The van der Waals surface area contributed by atoms with Crippen molar-refractivity contribution in [3.05, 3.63) is 33.8 Å². The standard InChI is InChI=1S/C8H7Cl2O2P/c9-7-3-1-2-6(8(7)10)4-5-13(11)12/h1-3H,4-5H2/p+1. The van der Waals surface area contributed by atoms with Gasteiger partial charge in [0.05, 0.1) is 10.0 Å². The number of hydrogen-bond donors (Lipinski definition) is 1. The first kappa shape index (κ1) is 10.9. The third-order valence-corrected chi connectivity index (χ3v) is 3.07. The van der Waals surface area contributed by atoms with Gasteiger partial charge >= 0.3 is 8.03 Å². The molecule has 1 atom stereocenters. The second kappa shape index (κ2) is 4.92. The highest BCUT2D eigenvalue weighted by Gasteiger charge is 2.12. The largest absolute Gasteiger partial charge is 0.505 e. The average molecular weight is 238 g/mol. The first-order valence-electron chi connectivity index (χ1n) is 3.67. The highest BCUT2D eigenvalue weighted by molar-refractivity contribution is 7.37. The van der Waals surface area contributed by atoms with Crippen LogP contribution in [-0.2, 0) is 11.0 Å². The summed E-state index contributed by atoms with van der Waals surface area (Å²) in [6.07, 6.45) is 0.695. The van der Waals surface area contributed by atoms with Gasteiger partial charge in [-0.3, -0.25) is 0 Å². The molecule has 5 heteroatoms. The molecule has 0 fully saturated rings. The number of benzene rings is 1. The van der Waals surface area contributed by atoms with Crippen LogP contribution in [0.5, 0.6) is 0 Å². The van der Waals surface area contributed by atoms with Gasteiger partial charge < -0.3 is 0 Å². The van der Waals surface area contributed by atoms with Crippen LogP contribution >= 0.6 is 31.2 Å². The molecule has 0 spiro atoms. The smallest absolute Gasteiger partial charge is 0.161 e. The molecule has 0 radical (unpaired) electrons. The van der Waals surface area contributed by atoms with Crippen LogP contribution in [0, 0.1) is 0 Å². The predicted molar refractivity (Wildman–Crippen MR) is 54.9 cm³/mol. The second-order valence-electron chi connectivity index (χ2n) is 2.54. The Hall–Kier alpha value is -0.140. The van der Waals surface area contributed by atoms with E-state index in [0.717, 1.165) is 5.56 Å². The first-order chi connectivity index (χ1) is 6.11. The lowest BCUT2D eigenvalue weighted by molar-refractivity contribution is 0.502. The summed E-state index contributed by atoms with van der Waals surface area (Å²) in [7, 11) is -2.10. The molecule has 2 nitrogen and oxygen atoms in total. The van der Waals surface area contributed by atoms with Gasteiger partial charge in [0.1, 0.15) is 0 Å². The fraction of sp³-hybridized carbons (Fsp3) is 0.250. The van der Waals surface area contributed by atoms with Gasteiger partial charge in [-0.05, 0) is 16.2 Å². The maximum atomic E-state index is 10.4. The zero-order valence-electron chi connectivity index (χ0n) is 6.70. The monoisotopic (exact) mass is 237 g/mol. The van der Waals surface area contributed by atoms with Gasteiger partial charge in [0.25, 0.3) is 0 Å². The molecule has 1 rings (SSSR count). The molecule has 1 N–H and O–H groups in total. The fourth-order valence-electron chi connectivity index (χ4n) is 0.958. The van der Waals surface area contributed by atoms with Crippen LogP contribution in [0.1, 0.15) is 5.56 Å². The van der Waals surface area contributed by atoms with E-state index >= 15 is 0 Å². The molecule has 0 aromatic heterocycles. The van der Waals surface area contributed by atoms with Crippen molar-refractivity contribution in [2.75, 3.05) is 6.16 Å². The van der Waals surface area contributed by atoms with Crippen molar-refractivity contribution in [3.63, 3.8) is 0 Å². The molecule has 13 heavy (non-hydrogen) atoms. The summed E-state index contributed by atoms with van der Waals surface area (Å²) in [6.45, 7) is 0. The molecule has 70 valence electrons. The van der Waals surface area contributed by atoms with Gasteiger partial charge in [-0.25, -0.2) is 0 Å². The van der Waals surface area contributed by atoms with Crippen LogP contribution in [-0.4, -0.2) is 11.1 Å². The summed E-state index contributed by atoms with van der Waals surface area (Å²) in [5, 5.41) is 0.952. The minimum absolute atomic E-state index is 0.218. The van der Waals surface area contributed by atoms with Crippen LogP contribution in [0.15, 0.2) is 18.2 Å². The van der Waals surface area contributed by atoms with Crippen molar-refractivity contribution in [2.45, 2.75) is 6.42 Å². The molecule has 0 amide bonds. The number of aryl methyl sites for hydroxylation is 1. The Bertz CT molecular complexity index is 328. The Morgan fingerprint density at radius 1 is 1.38 bits per heavy atom. The van der Waals surface area contributed by atoms with E-state index in [9.17, 15) is 4.57 Å². The molecule has 0 heterocycles. The predicted octanol–water partition coefficient (Wildman–Crippen LogP) is 3.27. The molecule has 0 saturated carbocycles. The van der Waals surface area contributed by atoms with Crippen LogP contribution < -0.4 is 0 Å². The SMILES string of the molecule is O=[P+](O)CCc1cccc(Cl)c1Cl. The third kappa shape index (κ3) is 3.24. The van der Waals surface area contributed by atoms with E-state index in [2.05, 4.69) is 0 Å². The van der Waals surface area contributed by atoms with Crippen molar-refractivity contribution in [3.8, 4) is 0 Å². The van der Waals surface area contributed by atoms with Crippen LogP contribution in [0.2, 0.25) is 10.0 Å². The molecule has 1 unspecified atom stereocenters. The van der Waals surface area contributed by atoms with Gasteiger partial charge in [0.15, 0.2) is 6.16 Å². The van der Waals surface area contributed by atoms with Gasteiger partial charge in [0, 0.05) is 6.42 Å². The Morgan fingerprint density at radius 3 is 2.69 bits per heavy atom. The van der Waals surface area contributed by atoms with Crippen LogP contribution in [0.3, 0.4) is 0 Å². The zero-order chi connectivity index (χ0) is 9.84. The highest BCUT2D eigenvalue weighted by atomic mass is 35.5. The number of halogens is 2. The van der Waals surface area contributed by atoms with Crippen molar-refractivity contribution >= 4 is 31.2 Å². The van der Waals surface area contributed by atoms with Crippen molar-refractivity contribution in [2.24, 2.45) is 0 Å². The Morgan fingerprint density at radius 2 is 2.08 bits per heavy atom. The summed E-state index contributed by atoms with van der Waals surface area (Å²) in [6, 6.07) is 5.26. The Balaban J connectivity index is 2.77. The fourth-order valence-corrected chi connectivity index (χ4v) is 1.80. The normalized spacial score (nSPS) is 11.5. The number of hydrogen-bond acceptors (Lipinski definition) is 1. The van der Waals surface area contributed by atoms with E-state index in [1.165, 1.54) is 0 Å².